The van der Waals surface area contributed by atoms with Crippen molar-refractivity contribution in [3.63, 3.8) is 0 Å². The van der Waals surface area contributed by atoms with E-state index < -0.39 is 0 Å². The van der Waals surface area contributed by atoms with Crippen molar-refractivity contribution in [2.24, 2.45) is 17.1 Å². The van der Waals surface area contributed by atoms with Gasteiger partial charge in [0, 0.05) is 19.3 Å². The number of hydrogen-bond donors (Lipinski definition) is 1. The van der Waals surface area contributed by atoms with Crippen LogP contribution < -0.4 is 5.73 Å². The van der Waals surface area contributed by atoms with Crippen LogP contribution in [-0.2, 0) is 4.74 Å². The third-order valence-electron chi connectivity index (χ3n) is 3.84. The summed E-state index contributed by atoms with van der Waals surface area (Å²) in [5.41, 5.74) is 6.54. The first-order chi connectivity index (χ1) is 6.56. The van der Waals surface area contributed by atoms with Crippen LogP contribution in [0.2, 0.25) is 0 Å². The third kappa shape index (κ3) is 3.25. The maximum Gasteiger partial charge on any atom is 0.0468 e. The third-order valence-corrected chi connectivity index (χ3v) is 3.84. The molecule has 1 aliphatic rings. The average Bonchev–Trinajstić information content (AvgIpc) is 2.19. The molecule has 1 saturated heterocycles. The highest BCUT2D eigenvalue weighted by molar-refractivity contribution is 4.82. The van der Waals surface area contributed by atoms with E-state index in [0.29, 0.717) is 6.04 Å². The van der Waals surface area contributed by atoms with Crippen LogP contribution >= 0.6 is 0 Å². The predicted molar refractivity (Wildman–Crippen MR) is 60.2 cm³/mol. The van der Waals surface area contributed by atoms with E-state index in [-0.39, 0.29) is 5.41 Å². The molecule has 1 aliphatic heterocycles. The van der Waals surface area contributed by atoms with Crippen molar-refractivity contribution in [2.75, 3.05) is 13.2 Å². The fraction of sp³-hybridized carbons (Fsp3) is 1.00. The number of nitrogens with two attached hydrogens (primary N) is 1. The molecular weight excluding hydrogens is 174 g/mol. The standard InChI is InChI=1S/C12H25NO/c1-4-12(2,3)11(13)9-10-5-7-14-8-6-10/h10-11H,4-9,13H2,1-3H3. The number of rotatable bonds is 4. The lowest BCUT2D eigenvalue weighted by atomic mass is 9.77. The molecule has 2 heteroatoms. The molecule has 0 aromatic heterocycles. The van der Waals surface area contributed by atoms with Gasteiger partial charge in [0.25, 0.3) is 0 Å². The van der Waals surface area contributed by atoms with Gasteiger partial charge in [0.2, 0.25) is 0 Å². The van der Waals surface area contributed by atoms with Gasteiger partial charge in [-0.3, -0.25) is 0 Å². The molecule has 1 heterocycles. The first-order valence-electron chi connectivity index (χ1n) is 5.89. The Morgan fingerprint density at radius 1 is 1.36 bits per heavy atom. The van der Waals surface area contributed by atoms with Gasteiger partial charge in [0.15, 0.2) is 0 Å². The second kappa shape index (κ2) is 5.13. The van der Waals surface area contributed by atoms with Crippen LogP contribution in [-0.4, -0.2) is 19.3 Å². The molecule has 0 radical (unpaired) electrons. The highest BCUT2D eigenvalue weighted by atomic mass is 16.5. The first-order valence-corrected chi connectivity index (χ1v) is 5.89. The monoisotopic (exact) mass is 199 g/mol. The fourth-order valence-electron chi connectivity index (χ4n) is 1.92. The molecule has 0 bridgehead atoms. The minimum Gasteiger partial charge on any atom is -0.381 e. The van der Waals surface area contributed by atoms with Crippen LogP contribution in [0, 0.1) is 11.3 Å². The molecule has 1 unspecified atom stereocenters. The summed E-state index contributed by atoms with van der Waals surface area (Å²) >= 11 is 0. The van der Waals surface area contributed by atoms with Gasteiger partial charge in [-0.05, 0) is 37.0 Å². The molecule has 1 rings (SSSR count). The molecule has 2 nitrogen and oxygen atoms in total. The average molecular weight is 199 g/mol. The molecule has 0 aliphatic carbocycles. The summed E-state index contributed by atoms with van der Waals surface area (Å²) in [7, 11) is 0. The molecule has 0 amide bonds. The van der Waals surface area contributed by atoms with Gasteiger partial charge >= 0.3 is 0 Å². The van der Waals surface area contributed by atoms with Crippen molar-refractivity contribution in [3.05, 3.63) is 0 Å². The van der Waals surface area contributed by atoms with E-state index in [4.69, 9.17) is 10.5 Å². The zero-order chi connectivity index (χ0) is 10.6. The zero-order valence-corrected chi connectivity index (χ0v) is 9.88. The molecule has 14 heavy (non-hydrogen) atoms. The van der Waals surface area contributed by atoms with Crippen LogP contribution in [0.15, 0.2) is 0 Å². The number of ether oxygens (including phenoxy) is 1. The van der Waals surface area contributed by atoms with Gasteiger partial charge in [-0.1, -0.05) is 20.8 Å². The van der Waals surface area contributed by atoms with Crippen molar-refractivity contribution in [1.82, 2.24) is 0 Å². The first kappa shape index (κ1) is 12.0. The van der Waals surface area contributed by atoms with E-state index in [2.05, 4.69) is 20.8 Å². The highest BCUT2D eigenvalue weighted by Gasteiger charge is 2.27. The number of hydrogen-bond acceptors (Lipinski definition) is 2. The maximum atomic E-state index is 6.25. The largest absolute Gasteiger partial charge is 0.381 e. The summed E-state index contributed by atoms with van der Waals surface area (Å²) in [6.45, 7) is 8.64. The summed E-state index contributed by atoms with van der Waals surface area (Å²) in [5.74, 6) is 0.796. The Hall–Kier alpha value is -0.0800. The Kier molecular flexibility index (Phi) is 4.39. The molecule has 0 aromatic rings. The second-order valence-corrected chi connectivity index (χ2v) is 5.24. The molecule has 1 fully saturated rings. The topological polar surface area (TPSA) is 35.2 Å². The summed E-state index contributed by atoms with van der Waals surface area (Å²) in [5, 5.41) is 0. The lowest BCUT2D eigenvalue weighted by Gasteiger charge is -2.34. The normalized spacial score (nSPS) is 22.3. The Balaban J connectivity index is 2.34. The molecule has 2 N–H and O–H groups in total. The van der Waals surface area contributed by atoms with Crippen LogP contribution in [0.4, 0.5) is 0 Å². The molecule has 84 valence electrons. The van der Waals surface area contributed by atoms with Crippen LogP contribution in [0.3, 0.4) is 0 Å². The van der Waals surface area contributed by atoms with Crippen molar-refractivity contribution < 1.29 is 4.74 Å². The Morgan fingerprint density at radius 2 is 1.93 bits per heavy atom. The van der Waals surface area contributed by atoms with Crippen molar-refractivity contribution >= 4 is 0 Å². The molecule has 0 saturated carbocycles. The molecule has 1 atom stereocenters. The summed E-state index contributed by atoms with van der Waals surface area (Å²) in [6.07, 6.45) is 4.74. The smallest absolute Gasteiger partial charge is 0.0468 e. The quantitative estimate of drug-likeness (QED) is 0.755. The van der Waals surface area contributed by atoms with E-state index in [1.54, 1.807) is 0 Å². The van der Waals surface area contributed by atoms with Gasteiger partial charge in [-0.25, -0.2) is 0 Å². The Bertz CT molecular complexity index is 162. The van der Waals surface area contributed by atoms with Crippen LogP contribution in [0.25, 0.3) is 0 Å². The summed E-state index contributed by atoms with van der Waals surface area (Å²) < 4.78 is 5.35. The van der Waals surface area contributed by atoms with Crippen molar-refractivity contribution in [1.29, 1.82) is 0 Å². The van der Waals surface area contributed by atoms with Gasteiger partial charge in [0.05, 0.1) is 0 Å². The minimum absolute atomic E-state index is 0.290. The second-order valence-electron chi connectivity index (χ2n) is 5.24. The van der Waals surface area contributed by atoms with Crippen molar-refractivity contribution in [3.8, 4) is 0 Å². The van der Waals surface area contributed by atoms with Gasteiger partial charge in [-0.2, -0.15) is 0 Å². The van der Waals surface area contributed by atoms with Crippen LogP contribution in [0.5, 0.6) is 0 Å². The van der Waals surface area contributed by atoms with Crippen LogP contribution in [0.1, 0.15) is 46.5 Å². The van der Waals surface area contributed by atoms with Gasteiger partial charge in [-0.15, -0.1) is 0 Å². The lowest BCUT2D eigenvalue weighted by molar-refractivity contribution is 0.0562. The summed E-state index contributed by atoms with van der Waals surface area (Å²) in [6, 6.07) is 0.343. The van der Waals surface area contributed by atoms with E-state index in [0.717, 1.165) is 25.6 Å². The molecule has 0 spiro atoms. The van der Waals surface area contributed by atoms with Gasteiger partial charge in [0.1, 0.15) is 0 Å². The van der Waals surface area contributed by atoms with Gasteiger partial charge < -0.3 is 10.5 Å². The highest BCUT2D eigenvalue weighted by Crippen LogP contribution is 2.30. The van der Waals surface area contributed by atoms with E-state index in [9.17, 15) is 0 Å². The Morgan fingerprint density at radius 3 is 2.43 bits per heavy atom. The van der Waals surface area contributed by atoms with E-state index in [1.807, 2.05) is 0 Å². The van der Waals surface area contributed by atoms with E-state index in [1.165, 1.54) is 19.3 Å². The molecule has 0 aromatic carbocycles. The Labute approximate surface area is 88.2 Å². The minimum atomic E-state index is 0.290. The van der Waals surface area contributed by atoms with E-state index >= 15 is 0 Å². The molecular formula is C12H25NO. The maximum absolute atomic E-state index is 6.25. The SMILES string of the molecule is CCC(C)(C)C(N)CC1CCOCC1. The van der Waals surface area contributed by atoms with Crippen molar-refractivity contribution in [2.45, 2.75) is 52.5 Å². The zero-order valence-electron chi connectivity index (χ0n) is 9.88. The summed E-state index contributed by atoms with van der Waals surface area (Å²) in [4.78, 5) is 0. The predicted octanol–water partition coefficient (Wildman–Crippen LogP) is 2.57. The lowest BCUT2D eigenvalue weighted by Crippen LogP contribution is -2.39. The fourth-order valence-corrected chi connectivity index (χ4v) is 1.92.